The van der Waals surface area contributed by atoms with Gasteiger partial charge in [0.05, 0.1) is 11.9 Å². The Hall–Kier alpha value is -2.56. The molecule has 1 aliphatic heterocycles. The Balaban J connectivity index is 1.34. The van der Waals surface area contributed by atoms with Gasteiger partial charge in [0.15, 0.2) is 0 Å². The third kappa shape index (κ3) is 3.98. The molecule has 26 heavy (non-hydrogen) atoms. The Kier molecular flexibility index (Phi) is 5.04. The van der Waals surface area contributed by atoms with Crippen molar-refractivity contribution in [3.05, 3.63) is 53.7 Å². The summed E-state index contributed by atoms with van der Waals surface area (Å²) in [4.78, 5) is 18.9. The molecular formula is C21H26N4O. The summed E-state index contributed by atoms with van der Waals surface area (Å²) in [5.41, 5.74) is 3.92. The zero-order valence-electron chi connectivity index (χ0n) is 15.1. The standard InChI is InChI=1S/C21H26N4O/c26-21(23-18-8-2-1-3-9-18)24-20-11-10-19(14-22-20)25-13-12-16-6-4-5-7-17(16)15-25/h4-7,10-11,14,18H,1-3,8-9,12-13,15H2,(H2,22,23,24,26). The molecule has 136 valence electrons. The molecular weight excluding hydrogens is 324 g/mol. The summed E-state index contributed by atoms with van der Waals surface area (Å²) in [6, 6.07) is 12.7. The molecule has 2 amide bonds. The molecule has 0 saturated heterocycles. The monoisotopic (exact) mass is 350 g/mol. The number of pyridine rings is 1. The first-order chi connectivity index (χ1) is 12.8. The van der Waals surface area contributed by atoms with Gasteiger partial charge in [-0.15, -0.1) is 0 Å². The number of urea groups is 1. The maximum Gasteiger partial charge on any atom is 0.320 e. The van der Waals surface area contributed by atoms with E-state index in [9.17, 15) is 4.79 Å². The molecule has 1 aromatic carbocycles. The average molecular weight is 350 g/mol. The first-order valence-corrected chi connectivity index (χ1v) is 9.63. The largest absolute Gasteiger partial charge is 0.366 e. The lowest BCUT2D eigenvalue weighted by molar-refractivity contribution is 0.244. The molecule has 2 N–H and O–H groups in total. The minimum Gasteiger partial charge on any atom is -0.366 e. The highest BCUT2D eigenvalue weighted by Crippen LogP contribution is 2.24. The number of nitrogens with one attached hydrogen (secondary N) is 2. The van der Waals surface area contributed by atoms with Gasteiger partial charge in [-0.3, -0.25) is 5.32 Å². The second-order valence-electron chi connectivity index (χ2n) is 7.28. The maximum absolute atomic E-state index is 12.1. The highest BCUT2D eigenvalue weighted by Gasteiger charge is 2.17. The van der Waals surface area contributed by atoms with Crippen LogP contribution in [-0.4, -0.2) is 23.6 Å². The summed E-state index contributed by atoms with van der Waals surface area (Å²) in [6.07, 6.45) is 8.76. The smallest absolute Gasteiger partial charge is 0.320 e. The van der Waals surface area contributed by atoms with Gasteiger partial charge in [-0.2, -0.15) is 0 Å². The summed E-state index contributed by atoms with van der Waals surface area (Å²) in [6.45, 7) is 1.90. The van der Waals surface area contributed by atoms with Crippen LogP contribution in [0.2, 0.25) is 0 Å². The molecule has 0 atom stereocenters. The van der Waals surface area contributed by atoms with Crippen molar-refractivity contribution in [1.29, 1.82) is 0 Å². The van der Waals surface area contributed by atoms with Crippen LogP contribution in [0, 0.1) is 0 Å². The molecule has 2 aromatic rings. The van der Waals surface area contributed by atoms with Gasteiger partial charge in [-0.05, 0) is 42.5 Å². The number of hydrogen-bond acceptors (Lipinski definition) is 3. The van der Waals surface area contributed by atoms with Gasteiger partial charge in [0, 0.05) is 19.1 Å². The van der Waals surface area contributed by atoms with Crippen LogP contribution in [0.4, 0.5) is 16.3 Å². The fourth-order valence-corrected chi connectivity index (χ4v) is 3.95. The van der Waals surface area contributed by atoms with E-state index >= 15 is 0 Å². The Bertz CT molecular complexity index is 753. The summed E-state index contributed by atoms with van der Waals surface area (Å²) in [7, 11) is 0. The zero-order valence-corrected chi connectivity index (χ0v) is 15.1. The number of fused-ring (bicyclic) bond motifs is 1. The molecule has 1 fully saturated rings. The number of carbonyl (C=O) groups is 1. The van der Waals surface area contributed by atoms with Gasteiger partial charge in [0.2, 0.25) is 0 Å². The van der Waals surface area contributed by atoms with Crippen LogP contribution in [0.5, 0.6) is 0 Å². The highest BCUT2D eigenvalue weighted by molar-refractivity contribution is 5.88. The first kappa shape index (κ1) is 16.9. The maximum atomic E-state index is 12.1. The summed E-state index contributed by atoms with van der Waals surface area (Å²) in [5.74, 6) is 0.597. The molecule has 1 saturated carbocycles. The third-order valence-corrected chi connectivity index (χ3v) is 5.43. The van der Waals surface area contributed by atoms with Crippen LogP contribution in [0.15, 0.2) is 42.6 Å². The van der Waals surface area contributed by atoms with Crippen LogP contribution in [0.1, 0.15) is 43.2 Å². The predicted octanol–water partition coefficient (Wildman–Crippen LogP) is 4.10. The number of hydrogen-bond donors (Lipinski definition) is 2. The number of aromatic nitrogens is 1. The van der Waals surface area contributed by atoms with E-state index in [-0.39, 0.29) is 6.03 Å². The molecule has 0 radical (unpaired) electrons. The van der Waals surface area contributed by atoms with Crippen molar-refractivity contribution in [2.24, 2.45) is 0 Å². The van der Waals surface area contributed by atoms with Gasteiger partial charge >= 0.3 is 6.03 Å². The van der Waals surface area contributed by atoms with E-state index < -0.39 is 0 Å². The van der Waals surface area contributed by atoms with E-state index in [1.165, 1.54) is 30.4 Å². The number of rotatable bonds is 3. The molecule has 4 rings (SSSR count). The fourth-order valence-electron chi connectivity index (χ4n) is 3.95. The number of carbonyl (C=O) groups excluding carboxylic acids is 1. The quantitative estimate of drug-likeness (QED) is 0.876. The van der Waals surface area contributed by atoms with E-state index in [1.54, 1.807) is 0 Å². The number of nitrogens with zero attached hydrogens (tertiary/aromatic N) is 2. The lowest BCUT2D eigenvalue weighted by atomic mass is 9.96. The van der Waals surface area contributed by atoms with E-state index in [4.69, 9.17) is 0 Å². The minimum atomic E-state index is -0.149. The molecule has 0 unspecified atom stereocenters. The summed E-state index contributed by atoms with van der Waals surface area (Å²) < 4.78 is 0. The van der Waals surface area contributed by atoms with Gasteiger partial charge in [-0.25, -0.2) is 9.78 Å². The van der Waals surface area contributed by atoms with E-state index in [0.717, 1.165) is 38.0 Å². The van der Waals surface area contributed by atoms with Gasteiger partial charge in [0.25, 0.3) is 0 Å². The van der Waals surface area contributed by atoms with Crippen LogP contribution in [0.3, 0.4) is 0 Å². The first-order valence-electron chi connectivity index (χ1n) is 9.63. The zero-order chi connectivity index (χ0) is 17.8. The van der Waals surface area contributed by atoms with E-state index in [0.29, 0.717) is 11.9 Å². The SMILES string of the molecule is O=C(Nc1ccc(N2CCc3ccccc3C2)cn1)NC1CCCCC1. The fraction of sp³-hybridized carbons (Fsp3) is 0.429. The molecule has 2 aliphatic rings. The number of benzene rings is 1. The summed E-state index contributed by atoms with van der Waals surface area (Å²) in [5, 5.41) is 5.91. The third-order valence-electron chi connectivity index (χ3n) is 5.43. The van der Waals surface area contributed by atoms with Gasteiger partial charge < -0.3 is 10.2 Å². The Morgan fingerprint density at radius 2 is 1.85 bits per heavy atom. The normalized spacial score (nSPS) is 17.5. The van der Waals surface area contributed by atoms with Crippen LogP contribution >= 0.6 is 0 Å². The van der Waals surface area contributed by atoms with Crippen molar-refractivity contribution in [1.82, 2.24) is 10.3 Å². The Labute approximate surface area is 154 Å². The molecule has 1 aromatic heterocycles. The number of anilines is 2. The average Bonchev–Trinajstić information content (AvgIpc) is 2.69. The molecule has 5 heteroatoms. The molecule has 5 nitrogen and oxygen atoms in total. The minimum absolute atomic E-state index is 0.149. The van der Waals surface area contributed by atoms with Crippen molar-refractivity contribution >= 4 is 17.5 Å². The van der Waals surface area contributed by atoms with Gasteiger partial charge in [-0.1, -0.05) is 43.5 Å². The lowest BCUT2D eigenvalue weighted by Gasteiger charge is -2.30. The Morgan fingerprint density at radius 1 is 1.04 bits per heavy atom. The van der Waals surface area contributed by atoms with Crippen molar-refractivity contribution < 1.29 is 4.79 Å². The molecule has 0 bridgehead atoms. The van der Waals surface area contributed by atoms with E-state index in [1.807, 2.05) is 18.3 Å². The van der Waals surface area contributed by atoms with E-state index in [2.05, 4.69) is 44.8 Å². The van der Waals surface area contributed by atoms with Crippen LogP contribution in [-0.2, 0) is 13.0 Å². The van der Waals surface area contributed by atoms with Crippen LogP contribution < -0.4 is 15.5 Å². The molecule has 2 heterocycles. The second-order valence-corrected chi connectivity index (χ2v) is 7.28. The van der Waals surface area contributed by atoms with Crippen molar-refractivity contribution in [2.75, 3.05) is 16.8 Å². The predicted molar refractivity (Wildman–Crippen MR) is 104 cm³/mol. The lowest BCUT2D eigenvalue weighted by Crippen LogP contribution is -2.39. The molecule has 0 spiro atoms. The Morgan fingerprint density at radius 3 is 2.62 bits per heavy atom. The number of amides is 2. The van der Waals surface area contributed by atoms with Crippen molar-refractivity contribution in [2.45, 2.75) is 51.1 Å². The highest BCUT2D eigenvalue weighted by atomic mass is 16.2. The van der Waals surface area contributed by atoms with Crippen molar-refractivity contribution in [3.63, 3.8) is 0 Å². The van der Waals surface area contributed by atoms with Gasteiger partial charge in [0.1, 0.15) is 5.82 Å². The van der Waals surface area contributed by atoms with Crippen LogP contribution in [0.25, 0.3) is 0 Å². The van der Waals surface area contributed by atoms with Crippen molar-refractivity contribution in [3.8, 4) is 0 Å². The second kappa shape index (κ2) is 7.77. The molecule has 1 aliphatic carbocycles. The topological polar surface area (TPSA) is 57.3 Å². The summed E-state index contributed by atoms with van der Waals surface area (Å²) >= 11 is 0.